The molecule has 0 bridgehead atoms. The van der Waals surface area contributed by atoms with Gasteiger partial charge >= 0.3 is 0 Å². The van der Waals surface area contributed by atoms with Crippen LogP contribution in [0.2, 0.25) is 0 Å². The van der Waals surface area contributed by atoms with Crippen LogP contribution in [0.4, 0.5) is 0 Å². The van der Waals surface area contributed by atoms with Gasteiger partial charge in [0, 0.05) is 12.5 Å². The number of benzene rings is 1. The minimum atomic E-state index is 0.183. The van der Waals surface area contributed by atoms with Crippen molar-refractivity contribution in [1.82, 2.24) is 10.6 Å². The minimum absolute atomic E-state index is 0.183. The van der Waals surface area contributed by atoms with E-state index >= 15 is 0 Å². The molecule has 1 saturated heterocycles. The highest BCUT2D eigenvalue weighted by Crippen LogP contribution is 2.21. The SMILES string of the molecule is Cc1cc(C)c(C)c(CNC(=O)C2CCNCC2)c1C. The van der Waals surface area contributed by atoms with Crippen LogP contribution in [-0.4, -0.2) is 19.0 Å². The summed E-state index contributed by atoms with van der Waals surface area (Å²) in [5, 5.41) is 6.43. The number of amides is 1. The van der Waals surface area contributed by atoms with Gasteiger partial charge in [0.05, 0.1) is 0 Å². The maximum Gasteiger partial charge on any atom is 0.223 e. The Kier molecular flexibility index (Phi) is 4.81. The van der Waals surface area contributed by atoms with E-state index in [1.165, 1.54) is 27.8 Å². The maximum atomic E-state index is 12.2. The van der Waals surface area contributed by atoms with Crippen molar-refractivity contribution in [3.8, 4) is 0 Å². The van der Waals surface area contributed by atoms with E-state index in [9.17, 15) is 4.79 Å². The van der Waals surface area contributed by atoms with Gasteiger partial charge in [-0.1, -0.05) is 6.07 Å². The molecule has 3 heteroatoms. The van der Waals surface area contributed by atoms with E-state index in [1.807, 2.05) is 0 Å². The lowest BCUT2D eigenvalue weighted by Crippen LogP contribution is -2.38. The average Bonchev–Trinajstić information content (AvgIpc) is 2.46. The summed E-state index contributed by atoms with van der Waals surface area (Å²) in [7, 11) is 0. The molecule has 0 atom stereocenters. The third kappa shape index (κ3) is 3.21. The second-order valence-corrected chi connectivity index (χ2v) is 5.98. The molecule has 0 saturated carbocycles. The number of carbonyl (C=O) groups excluding carboxylic acids is 1. The Hall–Kier alpha value is -1.35. The van der Waals surface area contributed by atoms with Gasteiger partial charge < -0.3 is 10.6 Å². The molecular weight excluding hydrogens is 248 g/mol. The molecule has 1 aromatic rings. The number of piperidine rings is 1. The molecule has 0 aromatic heterocycles. The first-order valence-corrected chi connectivity index (χ1v) is 7.55. The normalized spacial score (nSPS) is 16.2. The van der Waals surface area contributed by atoms with E-state index in [2.05, 4.69) is 44.4 Å². The molecule has 20 heavy (non-hydrogen) atoms. The number of rotatable bonds is 3. The fourth-order valence-electron chi connectivity index (χ4n) is 2.97. The van der Waals surface area contributed by atoms with Crippen molar-refractivity contribution in [3.63, 3.8) is 0 Å². The van der Waals surface area contributed by atoms with Crippen molar-refractivity contribution in [2.24, 2.45) is 5.92 Å². The second-order valence-electron chi connectivity index (χ2n) is 5.98. The van der Waals surface area contributed by atoms with Gasteiger partial charge in [0.2, 0.25) is 5.91 Å². The first-order valence-electron chi connectivity index (χ1n) is 7.55. The molecule has 110 valence electrons. The van der Waals surface area contributed by atoms with E-state index in [4.69, 9.17) is 0 Å². The van der Waals surface area contributed by atoms with Crippen LogP contribution in [0.15, 0.2) is 6.07 Å². The maximum absolute atomic E-state index is 12.2. The van der Waals surface area contributed by atoms with Gasteiger partial charge in [-0.05, 0) is 81.4 Å². The van der Waals surface area contributed by atoms with Crippen LogP contribution >= 0.6 is 0 Å². The average molecular weight is 274 g/mol. The summed E-state index contributed by atoms with van der Waals surface area (Å²) in [6.07, 6.45) is 1.91. The third-order valence-corrected chi connectivity index (χ3v) is 4.67. The minimum Gasteiger partial charge on any atom is -0.352 e. The zero-order valence-corrected chi connectivity index (χ0v) is 13.1. The fourth-order valence-corrected chi connectivity index (χ4v) is 2.97. The van der Waals surface area contributed by atoms with Crippen LogP contribution in [0.1, 0.15) is 40.7 Å². The summed E-state index contributed by atoms with van der Waals surface area (Å²) >= 11 is 0. The van der Waals surface area contributed by atoms with E-state index in [1.54, 1.807) is 0 Å². The van der Waals surface area contributed by atoms with Crippen molar-refractivity contribution in [2.45, 2.75) is 47.1 Å². The van der Waals surface area contributed by atoms with E-state index < -0.39 is 0 Å². The summed E-state index contributed by atoms with van der Waals surface area (Å²) in [5.74, 6) is 0.396. The zero-order chi connectivity index (χ0) is 14.7. The number of hydrogen-bond donors (Lipinski definition) is 2. The molecule has 1 aliphatic rings. The highest BCUT2D eigenvalue weighted by atomic mass is 16.1. The highest BCUT2D eigenvalue weighted by molar-refractivity contribution is 5.78. The highest BCUT2D eigenvalue weighted by Gasteiger charge is 2.21. The van der Waals surface area contributed by atoms with Crippen molar-refractivity contribution >= 4 is 5.91 Å². The number of hydrogen-bond acceptors (Lipinski definition) is 2. The Labute approximate surface area is 122 Å². The lowest BCUT2D eigenvalue weighted by atomic mass is 9.93. The molecular formula is C17H26N2O. The smallest absolute Gasteiger partial charge is 0.223 e. The molecule has 1 aromatic carbocycles. The lowest BCUT2D eigenvalue weighted by molar-refractivity contribution is -0.125. The molecule has 2 rings (SSSR count). The van der Waals surface area contributed by atoms with Crippen LogP contribution in [0, 0.1) is 33.6 Å². The van der Waals surface area contributed by atoms with E-state index in [0.717, 1.165) is 25.9 Å². The standard InChI is InChI=1S/C17H26N2O/c1-11-9-12(2)14(4)16(13(11)3)10-19-17(20)15-5-7-18-8-6-15/h9,15,18H,5-8,10H2,1-4H3,(H,19,20). The summed E-state index contributed by atoms with van der Waals surface area (Å²) in [5.41, 5.74) is 6.50. The molecule has 0 unspecified atom stereocenters. The number of carbonyl (C=O) groups is 1. The predicted molar refractivity (Wildman–Crippen MR) is 82.8 cm³/mol. The van der Waals surface area contributed by atoms with Crippen LogP contribution in [0.5, 0.6) is 0 Å². The number of nitrogens with one attached hydrogen (secondary N) is 2. The zero-order valence-electron chi connectivity index (χ0n) is 13.1. The molecule has 0 aliphatic carbocycles. The first-order chi connectivity index (χ1) is 9.50. The largest absolute Gasteiger partial charge is 0.352 e. The molecule has 1 amide bonds. The summed E-state index contributed by atoms with van der Waals surface area (Å²) in [6, 6.07) is 2.22. The monoisotopic (exact) mass is 274 g/mol. The van der Waals surface area contributed by atoms with Gasteiger partial charge in [-0.25, -0.2) is 0 Å². The Bertz CT molecular complexity index is 476. The molecule has 1 heterocycles. The van der Waals surface area contributed by atoms with Crippen molar-refractivity contribution in [1.29, 1.82) is 0 Å². The predicted octanol–water partition coefficient (Wildman–Crippen LogP) is 2.54. The Morgan fingerprint density at radius 3 is 2.25 bits per heavy atom. The third-order valence-electron chi connectivity index (χ3n) is 4.67. The molecule has 0 radical (unpaired) electrons. The van der Waals surface area contributed by atoms with Gasteiger partial charge in [-0.2, -0.15) is 0 Å². The Balaban J connectivity index is 2.05. The number of aryl methyl sites for hydroxylation is 2. The van der Waals surface area contributed by atoms with Crippen LogP contribution in [0.3, 0.4) is 0 Å². The van der Waals surface area contributed by atoms with Crippen molar-refractivity contribution in [3.05, 3.63) is 33.9 Å². The topological polar surface area (TPSA) is 41.1 Å². The molecule has 3 nitrogen and oxygen atoms in total. The fraction of sp³-hybridized carbons (Fsp3) is 0.588. The second kappa shape index (κ2) is 6.40. The summed E-state index contributed by atoms with van der Waals surface area (Å²) < 4.78 is 0. The van der Waals surface area contributed by atoms with Crippen LogP contribution < -0.4 is 10.6 Å². The first kappa shape index (κ1) is 15.0. The van der Waals surface area contributed by atoms with Crippen molar-refractivity contribution < 1.29 is 4.79 Å². The lowest BCUT2D eigenvalue weighted by Gasteiger charge is -2.22. The molecule has 2 N–H and O–H groups in total. The van der Waals surface area contributed by atoms with Gasteiger partial charge in [-0.15, -0.1) is 0 Å². The van der Waals surface area contributed by atoms with Crippen LogP contribution in [-0.2, 0) is 11.3 Å². The van der Waals surface area contributed by atoms with Gasteiger partial charge in [0.1, 0.15) is 0 Å². The Morgan fingerprint density at radius 2 is 1.70 bits per heavy atom. The van der Waals surface area contributed by atoms with E-state index in [0.29, 0.717) is 6.54 Å². The summed E-state index contributed by atoms with van der Waals surface area (Å²) in [6.45, 7) is 11.1. The Morgan fingerprint density at radius 1 is 1.15 bits per heavy atom. The van der Waals surface area contributed by atoms with Crippen LogP contribution in [0.25, 0.3) is 0 Å². The van der Waals surface area contributed by atoms with Crippen molar-refractivity contribution in [2.75, 3.05) is 13.1 Å². The molecule has 1 fully saturated rings. The molecule has 0 spiro atoms. The van der Waals surface area contributed by atoms with Gasteiger partial charge in [-0.3, -0.25) is 4.79 Å². The van der Waals surface area contributed by atoms with E-state index in [-0.39, 0.29) is 11.8 Å². The van der Waals surface area contributed by atoms with Gasteiger partial charge in [0.15, 0.2) is 0 Å². The summed E-state index contributed by atoms with van der Waals surface area (Å²) in [4.78, 5) is 12.2. The quantitative estimate of drug-likeness (QED) is 0.889. The molecule has 1 aliphatic heterocycles. The van der Waals surface area contributed by atoms with Gasteiger partial charge in [0.25, 0.3) is 0 Å².